The summed E-state index contributed by atoms with van der Waals surface area (Å²) in [5.74, 6) is 0.348. The summed E-state index contributed by atoms with van der Waals surface area (Å²) in [7, 11) is 1.56. The third kappa shape index (κ3) is 5.72. The second-order valence-electron chi connectivity index (χ2n) is 8.71. The lowest BCUT2D eigenvalue weighted by Gasteiger charge is -2.34. The van der Waals surface area contributed by atoms with Crippen LogP contribution in [0, 0.1) is 0 Å². The number of hydrogen-bond acceptors (Lipinski definition) is 7. The summed E-state index contributed by atoms with van der Waals surface area (Å²) < 4.78 is 7.46. The number of amides is 2. The molecule has 2 aliphatic rings. The van der Waals surface area contributed by atoms with Gasteiger partial charge in [0.15, 0.2) is 0 Å². The van der Waals surface area contributed by atoms with E-state index in [0.29, 0.717) is 24.5 Å². The number of ether oxygens (including phenoxy) is 1. The molecule has 2 N–H and O–H groups in total. The van der Waals surface area contributed by atoms with Gasteiger partial charge in [0.2, 0.25) is 5.91 Å². The maximum atomic E-state index is 12.6. The molecule has 0 bridgehead atoms. The third-order valence-electron chi connectivity index (χ3n) is 6.49. The zero-order valence-electron chi connectivity index (χ0n) is 19.7. The van der Waals surface area contributed by atoms with Gasteiger partial charge in [0.05, 0.1) is 6.54 Å². The average molecular weight is 485 g/mol. The molecule has 0 spiro atoms. The Kier molecular flexibility index (Phi) is 8.10. The molecule has 2 heterocycles. The van der Waals surface area contributed by atoms with Crippen molar-refractivity contribution >= 4 is 23.8 Å². The number of benzene rings is 2. The molecule has 1 fully saturated rings. The fourth-order valence-corrected chi connectivity index (χ4v) is 4.99. The minimum atomic E-state index is -0.191. The Balaban J connectivity index is 1.30. The van der Waals surface area contributed by atoms with E-state index in [1.165, 1.54) is 26.9 Å². The van der Waals surface area contributed by atoms with Crippen LogP contribution in [0.2, 0.25) is 0 Å². The standard InChI is InChI=1S/C25H32N4O4S/c1-26-24(30)16-28-15-22-21(25(28)31)4-3-5-23(22)33-17-19-8-6-18(7-9-19)14-27-12-10-20(11-13-27)29(32)34-2/h3-9,20,32H,10-17H2,1-2H3,(H,26,30). The largest absolute Gasteiger partial charge is 0.489 e. The van der Waals surface area contributed by atoms with Crippen molar-refractivity contribution in [3.05, 3.63) is 64.7 Å². The molecule has 2 aromatic carbocycles. The summed E-state index contributed by atoms with van der Waals surface area (Å²) in [5.41, 5.74) is 3.74. The van der Waals surface area contributed by atoms with Crippen molar-refractivity contribution in [2.45, 2.75) is 38.6 Å². The molecule has 34 heavy (non-hydrogen) atoms. The summed E-state index contributed by atoms with van der Waals surface area (Å²) in [5, 5.41) is 12.4. The first-order valence-electron chi connectivity index (χ1n) is 11.6. The predicted octanol–water partition coefficient (Wildman–Crippen LogP) is 2.90. The molecule has 0 saturated carbocycles. The molecule has 2 aliphatic heterocycles. The highest BCUT2D eigenvalue weighted by Gasteiger charge is 2.31. The third-order valence-corrected chi connectivity index (χ3v) is 7.17. The normalized spacial score (nSPS) is 16.7. The smallest absolute Gasteiger partial charge is 0.255 e. The fraction of sp³-hybridized carbons (Fsp3) is 0.440. The zero-order valence-corrected chi connectivity index (χ0v) is 20.5. The zero-order chi connectivity index (χ0) is 24.1. The van der Waals surface area contributed by atoms with Gasteiger partial charge in [-0.1, -0.05) is 42.3 Å². The van der Waals surface area contributed by atoms with Crippen molar-refractivity contribution in [1.82, 2.24) is 19.6 Å². The Labute approximate surface area is 204 Å². The number of fused-ring (bicyclic) bond motifs is 1. The quantitative estimate of drug-likeness (QED) is 0.418. The molecule has 2 amide bonds. The first-order chi connectivity index (χ1) is 16.5. The molecule has 8 nitrogen and oxygen atoms in total. The lowest BCUT2D eigenvalue weighted by Crippen LogP contribution is -2.40. The minimum absolute atomic E-state index is 0.0401. The SMILES string of the molecule is CNC(=O)CN1Cc2c(OCc3ccc(CN4CCC(N(O)SC)CC4)cc3)cccc2C1=O. The van der Waals surface area contributed by atoms with Crippen LogP contribution in [0.3, 0.4) is 0 Å². The number of hydrogen-bond donors (Lipinski definition) is 2. The van der Waals surface area contributed by atoms with Crippen molar-refractivity contribution in [2.24, 2.45) is 0 Å². The van der Waals surface area contributed by atoms with Crippen molar-refractivity contribution in [3.63, 3.8) is 0 Å². The number of likely N-dealkylation sites (tertiary alicyclic amines) is 1. The number of likely N-dealkylation sites (N-methyl/N-ethyl adjacent to an activating group) is 1. The van der Waals surface area contributed by atoms with Gasteiger partial charge in [0.1, 0.15) is 18.9 Å². The summed E-state index contributed by atoms with van der Waals surface area (Å²) in [6.45, 7) is 3.67. The predicted molar refractivity (Wildman–Crippen MR) is 131 cm³/mol. The van der Waals surface area contributed by atoms with Crippen LogP contribution < -0.4 is 10.1 Å². The monoisotopic (exact) mass is 484 g/mol. The maximum absolute atomic E-state index is 12.6. The van der Waals surface area contributed by atoms with E-state index in [2.05, 4.69) is 34.5 Å². The van der Waals surface area contributed by atoms with E-state index in [1.54, 1.807) is 13.1 Å². The maximum Gasteiger partial charge on any atom is 0.255 e. The second-order valence-corrected chi connectivity index (χ2v) is 9.45. The summed E-state index contributed by atoms with van der Waals surface area (Å²) in [6.07, 6.45) is 3.83. The van der Waals surface area contributed by atoms with Crippen LogP contribution >= 0.6 is 11.9 Å². The molecular weight excluding hydrogens is 452 g/mol. The Bertz CT molecular complexity index is 1010. The lowest BCUT2D eigenvalue weighted by molar-refractivity contribution is -0.121. The highest BCUT2D eigenvalue weighted by atomic mass is 32.2. The molecular formula is C25H32N4O4S. The van der Waals surface area contributed by atoms with Crippen molar-refractivity contribution in [2.75, 3.05) is 32.9 Å². The first-order valence-corrected chi connectivity index (χ1v) is 12.7. The van der Waals surface area contributed by atoms with E-state index in [1.807, 2.05) is 18.4 Å². The van der Waals surface area contributed by atoms with Gasteiger partial charge < -0.3 is 20.2 Å². The highest BCUT2D eigenvalue weighted by Crippen LogP contribution is 2.31. The number of hydroxylamine groups is 1. The number of rotatable bonds is 9. The number of carbonyl (C=O) groups is 2. The van der Waals surface area contributed by atoms with Gasteiger partial charge in [0.25, 0.3) is 5.91 Å². The second kappa shape index (κ2) is 11.2. The molecule has 0 radical (unpaired) electrons. The van der Waals surface area contributed by atoms with Crippen LogP contribution in [-0.4, -0.2) is 70.3 Å². The minimum Gasteiger partial charge on any atom is -0.489 e. The van der Waals surface area contributed by atoms with E-state index >= 15 is 0 Å². The fourth-order valence-electron chi connectivity index (χ4n) is 4.49. The Morgan fingerprint density at radius 3 is 2.56 bits per heavy atom. The van der Waals surface area contributed by atoms with Gasteiger partial charge in [-0.25, -0.2) is 0 Å². The topological polar surface area (TPSA) is 85.4 Å². The number of nitrogens with zero attached hydrogens (tertiary/aromatic N) is 3. The van der Waals surface area contributed by atoms with E-state index < -0.39 is 0 Å². The molecule has 4 rings (SSSR count). The van der Waals surface area contributed by atoms with Crippen molar-refractivity contribution in [1.29, 1.82) is 0 Å². The first kappa shape index (κ1) is 24.5. The van der Waals surface area contributed by atoms with Crippen molar-refractivity contribution < 1.29 is 19.5 Å². The van der Waals surface area contributed by atoms with E-state index in [9.17, 15) is 14.8 Å². The molecule has 9 heteroatoms. The molecule has 0 aromatic heterocycles. The van der Waals surface area contributed by atoms with E-state index in [4.69, 9.17) is 4.74 Å². The average Bonchev–Trinajstić information content (AvgIpc) is 3.19. The van der Waals surface area contributed by atoms with Crippen LogP contribution in [0.25, 0.3) is 0 Å². The van der Waals surface area contributed by atoms with Crippen LogP contribution in [0.4, 0.5) is 0 Å². The van der Waals surface area contributed by atoms with Gasteiger partial charge in [-0.2, -0.15) is 0 Å². The van der Waals surface area contributed by atoms with E-state index in [-0.39, 0.29) is 24.4 Å². The Morgan fingerprint density at radius 1 is 1.18 bits per heavy atom. The number of piperidine rings is 1. The van der Waals surface area contributed by atoms with Crippen LogP contribution in [0.15, 0.2) is 42.5 Å². The van der Waals surface area contributed by atoms with Gasteiger partial charge >= 0.3 is 0 Å². The van der Waals surface area contributed by atoms with Crippen LogP contribution in [0.1, 0.15) is 39.9 Å². The number of nitrogens with one attached hydrogen (secondary N) is 1. The van der Waals surface area contributed by atoms with Gasteiger partial charge in [-0.15, -0.1) is 4.47 Å². The molecule has 182 valence electrons. The molecule has 2 aromatic rings. The summed E-state index contributed by atoms with van der Waals surface area (Å²) >= 11 is 1.37. The molecule has 0 unspecified atom stereocenters. The van der Waals surface area contributed by atoms with Gasteiger partial charge in [0, 0.05) is 43.9 Å². The highest BCUT2D eigenvalue weighted by molar-refractivity contribution is 7.96. The Morgan fingerprint density at radius 2 is 1.88 bits per heavy atom. The van der Waals surface area contributed by atoms with Gasteiger partial charge in [-0.05, 0) is 42.4 Å². The molecule has 1 saturated heterocycles. The Hall–Kier alpha value is -2.59. The number of carbonyl (C=O) groups excluding carboxylic acids is 2. The van der Waals surface area contributed by atoms with Crippen LogP contribution in [-0.2, 0) is 24.5 Å². The summed E-state index contributed by atoms with van der Waals surface area (Å²) in [4.78, 5) is 28.3. The van der Waals surface area contributed by atoms with Gasteiger partial charge in [-0.3, -0.25) is 14.5 Å². The van der Waals surface area contributed by atoms with E-state index in [0.717, 1.165) is 43.6 Å². The molecule has 0 atom stereocenters. The van der Waals surface area contributed by atoms with Crippen LogP contribution in [0.5, 0.6) is 5.75 Å². The summed E-state index contributed by atoms with van der Waals surface area (Å²) in [6, 6.07) is 14.1. The van der Waals surface area contributed by atoms with Crippen molar-refractivity contribution in [3.8, 4) is 5.75 Å². The lowest BCUT2D eigenvalue weighted by atomic mass is 10.0. The molecule has 0 aliphatic carbocycles.